The number of hydrogen-bond acceptors (Lipinski definition) is 5. The first-order chi connectivity index (χ1) is 16.6. The average molecular weight is 461 g/mol. The van der Waals surface area contributed by atoms with Crippen molar-refractivity contribution in [2.75, 3.05) is 13.1 Å². The third kappa shape index (κ3) is 3.98. The molecule has 3 aromatic rings. The van der Waals surface area contributed by atoms with Gasteiger partial charge < -0.3 is 4.98 Å². The summed E-state index contributed by atoms with van der Waals surface area (Å²) >= 11 is 0. The van der Waals surface area contributed by atoms with Crippen LogP contribution in [0.4, 0.5) is 0 Å². The molecule has 1 spiro atoms. The number of aryl methyl sites for hydroxylation is 1. The Morgan fingerprint density at radius 3 is 2.65 bits per heavy atom. The Balaban J connectivity index is 1.47. The summed E-state index contributed by atoms with van der Waals surface area (Å²) in [5, 5.41) is 14.3. The number of rotatable bonds is 4. The van der Waals surface area contributed by atoms with E-state index in [9.17, 15) is 4.79 Å². The highest BCUT2D eigenvalue weighted by Crippen LogP contribution is 2.46. The fourth-order valence-electron chi connectivity index (χ4n) is 7.00. The van der Waals surface area contributed by atoms with Crippen LogP contribution in [0.2, 0.25) is 0 Å². The fourth-order valence-corrected chi connectivity index (χ4v) is 7.00. The minimum absolute atomic E-state index is 0.0210. The molecule has 2 aliphatic carbocycles. The number of nitrogens with zero attached hydrogens (tertiary/aromatic N) is 5. The monoisotopic (exact) mass is 460 g/mol. The highest BCUT2D eigenvalue weighted by Gasteiger charge is 2.41. The van der Waals surface area contributed by atoms with E-state index in [0.29, 0.717) is 11.5 Å². The molecular formula is C27H36N6O. The Kier molecular flexibility index (Phi) is 5.76. The van der Waals surface area contributed by atoms with Gasteiger partial charge in [-0.15, -0.1) is 5.10 Å². The molecule has 1 saturated heterocycles. The Labute approximate surface area is 200 Å². The Bertz CT molecular complexity index is 1210. The van der Waals surface area contributed by atoms with Crippen molar-refractivity contribution in [1.82, 2.24) is 30.1 Å². The Morgan fingerprint density at radius 2 is 1.82 bits per heavy atom. The van der Waals surface area contributed by atoms with Gasteiger partial charge in [0, 0.05) is 17.6 Å². The van der Waals surface area contributed by atoms with Crippen molar-refractivity contribution in [3.05, 3.63) is 51.6 Å². The first-order valence-corrected chi connectivity index (χ1v) is 13.3. The lowest BCUT2D eigenvalue weighted by Gasteiger charge is -2.47. The van der Waals surface area contributed by atoms with Crippen molar-refractivity contribution in [3.8, 4) is 0 Å². The molecular weight excluding hydrogens is 424 g/mol. The molecule has 3 heterocycles. The number of aromatic amines is 1. The summed E-state index contributed by atoms with van der Waals surface area (Å²) in [6.45, 7) is 4.07. The summed E-state index contributed by atoms with van der Waals surface area (Å²) in [4.78, 5) is 19.3. The first kappa shape index (κ1) is 22.0. The van der Waals surface area contributed by atoms with Crippen molar-refractivity contribution < 1.29 is 0 Å². The number of H-pyrrole nitrogens is 1. The molecule has 1 N–H and O–H groups in total. The topological polar surface area (TPSA) is 79.7 Å². The molecule has 2 aromatic heterocycles. The number of nitrogens with one attached hydrogen (secondary N) is 1. The van der Waals surface area contributed by atoms with Crippen LogP contribution in [-0.4, -0.2) is 43.2 Å². The van der Waals surface area contributed by atoms with Gasteiger partial charge in [0.15, 0.2) is 5.82 Å². The molecule has 7 nitrogen and oxygen atoms in total. The van der Waals surface area contributed by atoms with Crippen LogP contribution in [0.1, 0.15) is 99.7 Å². The van der Waals surface area contributed by atoms with Gasteiger partial charge >= 0.3 is 0 Å². The molecule has 1 atom stereocenters. The number of pyridine rings is 1. The molecule has 1 aliphatic heterocycles. The second kappa shape index (κ2) is 8.91. The maximum absolute atomic E-state index is 13.6. The molecule has 0 radical (unpaired) electrons. The van der Waals surface area contributed by atoms with Crippen LogP contribution in [0.3, 0.4) is 0 Å². The quantitative estimate of drug-likeness (QED) is 0.588. The standard InChI is InChI=1S/C27H36N6O/c1-19-10-11-20-17-22(26(34)28-23(20)16-19)24(25-29-30-31-33(25)21-8-3-4-9-21)32-15-7-14-27(18-32)12-5-2-6-13-27/h10-11,16-17,21,24H,2-9,12-15,18H2,1H3,(H,28,34)/t24-/m1/s1. The molecule has 180 valence electrons. The third-order valence-corrected chi connectivity index (χ3v) is 8.73. The normalized spacial score (nSPS) is 22.5. The van der Waals surface area contributed by atoms with Gasteiger partial charge in [0.1, 0.15) is 6.04 Å². The van der Waals surface area contributed by atoms with E-state index in [1.807, 2.05) is 0 Å². The minimum Gasteiger partial charge on any atom is -0.322 e. The van der Waals surface area contributed by atoms with Gasteiger partial charge in [-0.2, -0.15) is 0 Å². The second-order valence-electron chi connectivity index (χ2n) is 11.1. The zero-order valence-corrected chi connectivity index (χ0v) is 20.3. The van der Waals surface area contributed by atoms with Gasteiger partial charge in [0.2, 0.25) is 0 Å². The zero-order valence-electron chi connectivity index (χ0n) is 20.3. The van der Waals surface area contributed by atoms with Gasteiger partial charge in [0.05, 0.1) is 6.04 Å². The second-order valence-corrected chi connectivity index (χ2v) is 11.1. The number of piperidine rings is 1. The van der Waals surface area contributed by atoms with Gasteiger partial charge in [-0.25, -0.2) is 4.68 Å². The minimum atomic E-state index is -0.218. The Hall–Kier alpha value is -2.54. The van der Waals surface area contributed by atoms with E-state index in [-0.39, 0.29) is 11.6 Å². The zero-order chi connectivity index (χ0) is 23.1. The van der Waals surface area contributed by atoms with E-state index in [4.69, 9.17) is 0 Å². The van der Waals surface area contributed by atoms with Gasteiger partial charge in [-0.05, 0) is 90.9 Å². The largest absolute Gasteiger partial charge is 0.322 e. The average Bonchev–Trinajstić information content (AvgIpc) is 3.53. The van der Waals surface area contributed by atoms with Crippen LogP contribution in [0.25, 0.3) is 10.9 Å². The van der Waals surface area contributed by atoms with Crippen LogP contribution in [0.15, 0.2) is 29.1 Å². The van der Waals surface area contributed by atoms with E-state index >= 15 is 0 Å². The molecule has 34 heavy (non-hydrogen) atoms. The number of tetrazole rings is 1. The lowest BCUT2D eigenvalue weighted by molar-refractivity contribution is 0.0335. The summed E-state index contributed by atoms with van der Waals surface area (Å²) in [6, 6.07) is 8.48. The molecule has 6 rings (SSSR count). The van der Waals surface area contributed by atoms with Gasteiger partial charge in [-0.1, -0.05) is 44.2 Å². The van der Waals surface area contributed by atoms with Crippen molar-refractivity contribution >= 4 is 10.9 Å². The third-order valence-electron chi connectivity index (χ3n) is 8.73. The smallest absolute Gasteiger partial charge is 0.253 e. The van der Waals surface area contributed by atoms with Crippen molar-refractivity contribution in [1.29, 1.82) is 0 Å². The number of fused-ring (bicyclic) bond motifs is 1. The van der Waals surface area contributed by atoms with Crippen molar-refractivity contribution in [3.63, 3.8) is 0 Å². The predicted octanol–water partition coefficient (Wildman–Crippen LogP) is 5.07. The van der Waals surface area contributed by atoms with Crippen LogP contribution in [-0.2, 0) is 0 Å². The first-order valence-electron chi connectivity index (χ1n) is 13.3. The molecule has 0 amide bonds. The lowest BCUT2D eigenvalue weighted by atomic mass is 9.69. The highest BCUT2D eigenvalue weighted by molar-refractivity contribution is 5.79. The Morgan fingerprint density at radius 1 is 1.03 bits per heavy atom. The summed E-state index contributed by atoms with van der Waals surface area (Å²) in [5.41, 5.74) is 3.17. The molecule has 7 heteroatoms. The van der Waals surface area contributed by atoms with Crippen molar-refractivity contribution in [2.45, 2.75) is 89.6 Å². The molecule has 3 fully saturated rings. The van der Waals surface area contributed by atoms with Crippen molar-refractivity contribution in [2.24, 2.45) is 5.41 Å². The fraction of sp³-hybridized carbons (Fsp3) is 0.630. The van der Waals surface area contributed by atoms with E-state index in [2.05, 4.69) is 61.3 Å². The molecule has 0 bridgehead atoms. The number of hydrogen-bond donors (Lipinski definition) is 1. The van der Waals surface area contributed by atoms with E-state index in [1.165, 1.54) is 57.8 Å². The number of aromatic nitrogens is 5. The van der Waals surface area contributed by atoms with E-state index < -0.39 is 0 Å². The van der Waals surface area contributed by atoms with Crippen LogP contribution >= 0.6 is 0 Å². The highest BCUT2D eigenvalue weighted by atomic mass is 16.1. The molecule has 2 saturated carbocycles. The maximum Gasteiger partial charge on any atom is 0.253 e. The van der Waals surface area contributed by atoms with Crippen LogP contribution < -0.4 is 5.56 Å². The molecule has 3 aliphatic rings. The molecule has 0 unspecified atom stereocenters. The summed E-state index contributed by atoms with van der Waals surface area (Å²) in [6.07, 6.45) is 13.8. The summed E-state index contributed by atoms with van der Waals surface area (Å²) < 4.78 is 2.05. The number of likely N-dealkylation sites (tertiary alicyclic amines) is 1. The van der Waals surface area contributed by atoms with E-state index in [1.54, 1.807) is 0 Å². The summed E-state index contributed by atoms with van der Waals surface area (Å²) in [7, 11) is 0. The number of benzene rings is 1. The summed E-state index contributed by atoms with van der Waals surface area (Å²) in [5.74, 6) is 0.844. The SMILES string of the molecule is Cc1ccc2cc([C@H](c3nnnn3C3CCCC3)N3CCCC4(CCCCC4)C3)c(=O)[nH]c2c1. The van der Waals surface area contributed by atoms with Crippen LogP contribution in [0.5, 0.6) is 0 Å². The van der Waals surface area contributed by atoms with E-state index in [0.717, 1.165) is 53.8 Å². The lowest BCUT2D eigenvalue weighted by Crippen LogP contribution is -2.47. The van der Waals surface area contributed by atoms with Gasteiger partial charge in [-0.3, -0.25) is 9.69 Å². The van der Waals surface area contributed by atoms with Crippen LogP contribution in [0, 0.1) is 12.3 Å². The maximum atomic E-state index is 13.6. The van der Waals surface area contributed by atoms with Gasteiger partial charge in [0.25, 0.3) is 5.56 Å². The predicted molar refractivity (Wildman–Crippen MR) is 133 cm³/mol. The molecule has 1 aromatic carbocycles.